The molecule has 8 heteroatoms. The van der Waals surface area contributed by atoms with Gasteiger partial charge in [0.1, 0.15) is 11.9 Å². The summed E-state index contributed by atoms with van der Waals surface area (Å²) in [6.45, 7) is 0.0179. The monoisotopic (exact) mass is 364 g/mol. The molecule has 0 saturated carbocycles. The van der Waals surface area contributed by atoms with Gasteiger partial charge in [-0.2, -0.15) is 13.2 Å². The largest absolute Gasteiger partial charge is 0.403 e. The summed E-state index contributed by atoms with van der Waals surface area (Å²) in [5.41, 5.74) is 0.549. The van der Waals surface area contributed by atoms with Gasteiger partial charge in [0.25, 0.3) is 0 Å². The highest BCUT2D eigenvalue weighted by molar-refractivity contribution is 6.05. The van der Waals surface area contributed by atoms with Crippen molar-refractivity contribution < 1.29 is 27.9 Å². The number of aromatic nitrogens is 1. The van der Waals surface area contributed by atoms with Gasteiger partial charge in [0.2, 0.25) is 5.91 Å². The Morgan fingerprint density at radius 1 is 1.12 bits per heavy atom. The maximum atomic E-state index is 13.5. The number of benzene rings is 1. The van der Waals surface area contributed by atoms with E-state index in [1.54, 1.807) is 18.2 Å². The molecular formula is C18H15F3N2O3. The van der Waals surface area contributed by atoms with Crippen LogP contribution < -0.4 is 4.90 Å². The number of Topliss-reactive ketones (excluding diaryl/α,β-unsaturated/α-hetero) is 1. The summed E-state index contributed by atoms with van der Waals surface area (Å²) in [6.07, 6.45) is -5.88. The van der Waals surface area contributed by atoms with E-state index in [2.05, 4.69) is 4.98 Å². The van der Waals surface area contributed by atoms with Gasteiger partial charge >= 0.3 is 6.18 Å². The molecule has 1 aromatic carbocycles. The third kappa shape index (κ3) is 3.32. The number of anilines is 1. The van der Waals surface area contributed by atoms with Crippen molar-refractivity contribution in [1.82, 2.24) is 4.98 Å². The van der Waals surface area contributed by atoms with Crippen molar-refractivity contribution >= 4 is 17.5 Å². The summed E-state index contributed by atoms with van der Waals surface area (Å²) in [5.74, 6) is -5.26. The van der Waals surface area contributed by atoms with Crippen molar-refractivity contribution in [3.63, 3.8) is 0 Å². The molecule has 2 aromatic rings. The minimum absolute atomic E-state index is 0.0179. The van der Waals surface area contributed by atoms with E-state index in [9.17, 15) is 27.9 Å². The second-order valence-corrected chi connectivity index (χ2v) is 5.92. The summed E-state index contributed by atoms with van der Waals surface area (Å²) in [4.78, 5) is 29.7. The molecule has 2 heterocycles. The number of carbonyl (C=O) groups is 2. The number of hydrogen-bond acceptors (Lipinski definition) is 4. The molecule has 0 radical (unpaired) electrons. The predicted octanol–water partition coefficient (Wildman–Crippen LogP) is 2.39. The summed E-state index contributed by atoms with van der Waals surface area (Å²) in [6, 6.07) is 10.4. The zero-order valence-electron chi connectivity index (χ0n) is 13.5. The van der Waals surface area contributed by atoms with Crippen molar-refractivity contribution in [1.29, 1.82) is 0 Å². The van der Waals surface area contributed by atoms with E-state index in [-0.39, 0.29) is 17.9 Å². The van der Waals surface area contributed by atoms with Crippen LogP contribution in [0.2, 0.25) is 0 Å². The van der Waals surface area contributed by atoms with Crippen molar-refractivity contribution in [3.8, 4) is 0 Å². The van der Waals surface area contributed by atoms with Crippen molar-refractivity contribution in [2.45, 2.75) is 18.7 Å². The van der Waals surface area contributed by atoms with Crippen LogP contribution in [-0.2, 0) is 11.2 Å². The summed E-state index contributed by atoms with van der Waals surface area (Å²) in [5, 5.41) is 10.1. The molecule has 0 unspecified atom stereocenters. The second-order valence-electron chi connectivity index (χ2n) is 5.92. The van der Waals surface area contributed by atoms with Crippen LogP contribution in [0.1, 0.15) is 15.9 Å². The van der Waals surface area contributed by atoms with Crippen LogP contribution in [0.15, 0.2) is 48.7 Å². The number of aliphatic hydroxyl groups is 1. The van der Waals surface area contributed by atoms with E-state index < -0.39 is 29.9 Å². The number of pyridine rings is 1. The van der Waals surface area contributed by atoms with Gasteiger partial charge < -0.3 is 5.11 Å². The van der Waals surface area contributed by atoms with Gasteiger partial charge in [-0.1, -0.05) is 36.4 Å². The van der Waals surface area contributed by atoms with Gasteiger partial charge in [0.05, 0.1) is 0 Å². The number of fused-ring (bicyclic) bond motifs is 1. The van der Waals surface area contributed by atoms with Crippen molar-refractivity contribution in [2.24, 2.45) is 5.92 Å². The fraction of sp³-hybridized carbons (Fsp3) is 0.278. The normalized spacial score (nSPS) is 16.1. The first-order valence-electron chi connectivity index (χ1n) is 7.90. The van der Waals surface area contributed by atoms with E-state index in [4.69, 9.17) is 0 Å². The van der Waals surface area contributed by atoms with Crippen molar-refractivity contribution in [3.05, 3.63) is 59.8 Å². The summed E-state index contributed by atoms with van der Waals surface area (Å²) < 4.78 is 40.6. The molecule has 1 N–H and O–H groups in total. The first-order valence-corrected chi connectivity index (χ1v) is 7.90. The predicted molar refractivity (Wildman–Crippen MR) is 86.6 cm³/mol. The van der Waals surface area contributed by atoms with E-state index in [1.165, 1.54) is 30.5 Å². The van der Waals surface area contributed by atoms with Crippen molar-refractivity contribution in [2.75, 3.05) is 11.4 Å². The highest BCUT2D eigenvalue weighted by Gasteiger charge is 2.54. The first-order chi connectivity index (χ1) is 12.3. The van der Waals surface area contributed by atoms with Gasteiger partial charge in [-0.25, -0.2) is 4.98 Å². The van der Waals surface area contributed by atoms with Crippen LogP contribution in [0, 0.1) is 5.92 Å². The Kier molecular flexibility index (Phi) is 4.78. The molecule has 5 nitrogen and oxygen atoms in total. The SMILES string of the molecule is O=C(c1ccccc1)[C@H](O)[C@@H](C(=O)N1CCc2cccnc21)C(F)(F)F. The maximum absolute atomic E-state index is 13.5. The molecule has 3 rings (SSSR count). The molecule has 0 saturated heterocycles. The van der Waals surface area contributed by atoms with Crippen LogP contribution in [0.25, 0.3) is 0 Å². The fourth-order valence-electron chi connectivity index (χ4n) is 2.97. The fourth-order valence-corrected chi connectivity index (χ4v) is 2.97. The minimum atomic E-state index is -5.08. The van der Waals surface area contributed by atoms with Crippen LogP contribution in [0.5, 0.6) is 0 Å². The van der Waals surface area contributed by atoms with Crippen LogP contribution in [0.4, 0.5) is 19.0 Å². The minimum Gasteiger partial charge on any atom is -0.384 e. The molecule has 0 fully saturated rings. The highest BCUT2D eigenvalue weighted by Crippen LogP contribution is 2.35. The topological polar surface area (TPSA) is 70.5 Å². The molecule has 1 aliphatic heterocycles. The molecular weight excluding hydrogens is 349 g/mol. The average Bonchev–Trinajstić information content (AvgIpc) is 3.04. The van der Waals surface area contributed by atoms with E-state index in [1.807, 2.05) is 0 Å². The Bertz CT molecular complexity index is 824. The molecule has 1 amide bonds. The lowest BCUT2D eigenvalue weighted by Gasteiger charge is -2.27. The van der Waals surface area contributed by atoms with Gasteiger partial charge in [-0.05, 0) is 18.1 Å². The Balaban J connectivity index is 1.92. The molecule has 0 bridgehead atoms. The number of ketones is 1. The molecule has 136 valence electrons. The van der Waals surface area contributed by atoms with Gasteiger partial charge in [0, 0.05) is 18.3 Å². The third-order valence-corrected chi connectivity index (χ3v) is 4.26. The average molecular weight is 364 g/mol. The van der Waals surface area contributed by atoms with Crippen LogP contribution >= 0.6 is 0 Å². The zero-order chi connectivity index (χ0) is 18.9. The van der Waals surface area contributed by atoms with E-state index in [0.29, 0.717) is 12.0 Å². The number of carbonyl (C=O) groups excluding carboxylic acids is 2. The molecule has 26 heavy (non-hydrogen) atoms. The number of amides is 1. The quantitative estimate of drug-likeness (QED) is 0.846. The Labute approximate surface area is 147 Å². The Morgan fingerprint density at radius 2 is 1.81 bits per heavy atom. The summed E-state index contributed by atoms with van der Waals surface area (Å²) >= 11 is 0. The molecule has 1 aromatic heterocycles. The van der Waals surface area contributed by atoms with Crippen LogP contribution in [0.3, 0.4) is 0 Å². The van der Waals surface area contributed by atoms with E-state index >= 15 is 0 Å². The number of alkyl halides is 3. The standard InChI is InChI=1S/C18H15F3N2O3/c19-18(20,21)13(15(25)14(24)11-5-2-1-3-6-11)17(26)23-10-8-12-7-4-9-22-16(12)23/h1-7,9,13,15,25H,8,10H2/t13-,15+/m0/s1. The number of rotatable bonds is 4. The maximum Gasteiger partial charge on any atom is 0.403 e. The number of nitrogens with zero attached hydrogens (tertiary/aromatic N) is 2. The van der Waals surface area contributed by atoms with Gasteiger partial charge in [-0.15, -0.1) is 0 Å². The lowest BCUT2D eigenvalue weighted by atomic mass is 9.93. The van der Waals surface area contributed by atoms with Crippen LogP contribution in [-0.4, -0.2) is 40.6 Å². The van der Waals surface area contributed by atoms with Gasteiger partial charge in [0.15, 0.2) is 11.7 Å². The highest BCUT2D eigenvalue weighted by atomic mass is 19.4. The third-order valence-electron chi connectivity index (χ3n) is 4.26. The Hall–Kier alpha value is -2.74. The lowest BCUT2D eigenvalue weighted by Crippen LogP contribution is -2.50. The molecule has 0 aliphatic carbocycles. The molecule has 2 atom stereocenters. The zero-order valence-corrected chi connectivity index (χ0v) is 13.5. The van der Waals surface area contributed by atoms with Gasteiger partial charge in [-0.3, -0.25) is 14.5 Å². The number of aliphatic hydroxyl groups excluding tert-OH is 1. The van der Waals surface area contributed by atoms with E-state index in [0.717, 1.165) is 4.90 Å². The molecule has 0 spiro atoms. The summed E-state index contributed by atoms with van der Waals surface area (Å²) in [7, 11) is 0. The second kappa shape index (κ2) is 6.87. The smallest absolute Gasteiger partial charge is 0.384 e. The first kappa shape index (κ1) is 18.1. The number of hydrogen-bond donors (Lipinski definition) is 1. The Morgan fingerprint density at radius 3 is 2.46 bits per heavy atom. The molecule has 1 aliphatic rings. The number of halogens is 3. The lowest BCUT2D eigenvalue weighted by molar-refractivity contribution is -0.195.